The van der Waals surface area contributed by atoms with Gasteiger partial charge in [0.1, 0.15) is 11.0 Å². The van der Waals surface area contributed by atoms with Crippen LogP contribution in [-0.2, 0) is 0 Å². The fourth-order valence-electron chi connectivity index (χ4n) is 1.50. The van der Waals surface area contributed by atoms with E-state index in [2.05, 4.69) is 29.8 Å². The number of pyridine rings is 1. The molecule has 86 valence electrons. The molecular weight excluding hydrogens is 222 g/mol. The molecule has 0 spiro atoms. The van der Waals surface area contributed by atoms with Crippen LogP contribution >= 0.6 is 11.6 Å². The molecule has 0 aromatic carbocycles. The summed E-state index contributed by atoms with van der Waals surface area (Å²) >= 11 is 5.86. The average molecular weight is 238 g/mol. The highest BCUT2D eigenvalue weighted by Crippen LogP contribution is 2.16. The molecule has 0 aliphatic heterocycles. The van der Waals surface area contributed by atoms with E-state index in [1.807, 2.05) is 12.1 Å². The molecule has 0 atom stereocenters. The molecule has 16 heavy (non-hydrogen) atoms. The van der Waals surface area contributed by atoms with Gasteiger partial charge in [0, 0.05) is 13.1 Å². The average Bonchev–Trinajstić information content (AvgIpc) is 2.23. The Morgan fingerprint density at radius 3 is 2.81 bits per heavy atom. The third-order valence-electron chi connectivity index (χ3n) is 2.10. The van der Waals surface area contributed by atoms with Crippen molar-refractivity contribution >= 4 is 17.4 Å². The van der Waals surface area contributed by atoms with Crippen LogP contribution in [-0.4, -0.2) is 18.1 Å². The van der Waals surface area contributed by atoms with Crippen molar-refractivity contribution in [1.82, 2.24) is 4.98 Å². The summed E-state index contributed by atoms with van der Waals surface area (Å²) in [6.07, 6.45) is 0.501. The minimum Gasteiger partial charge on any atom is -0.355 e. The Hall–Kier alpha value is -1.27. The van der Waals surface area contributed by atoms with Gasteiger partial charge in [-0.3, -0.25) is 0 Å². The van der Waals surface area contributed by atoms with Crippen LogP contribution in [0.3, 0.4) is 0 Å². The molecule has 0 aliphatic rings. The lowest BCUT2D eigenvalue weighted by Crippen LogP contribution is -2.29. The Kier molecular flexibility index (Phi) is 5.07. The molecule has 0 bridgehead atoms. The second-order valence-corrected chi connectivity index (χ2v) is 4.45. The van der Waals surface area contributed by atoms with Crippen LogP contribution in [0.4, 0.5) is 5.82 Å². The summed E-state index contributed by atoms with van der Waals surface area (Å²) in [5.41, 5.74) is 0. The van der Waals surface area contributed by atoms with Crippen LogP contribution in [0.25, 0.3) is 0 Å². The van der Waals surface area contributed by atoms with E-state index in [0.717, 1.165) is 12.4 Å². The second-order valence-electron chi connectivity index (χ2n) is 4.07. The van der Waals surface area contributed by atoms with Crippen molar-refractivity contribution in [2.45, 2.75) is 20.3 Å². The topological polar surface area (TPSA) is 39.9 Å². The molecule has 0 unspecified atom stereocenters. The molecule has 0 saturated carbocycles. The van der Waals surface area contributed by atoms with Gasteiger partial charge in [-0.15, -0.1) is 0 Å². The van der Waals surface area contributed by atoms with Gasteiger partial charge in [0.2, 0.25) is 0 Å². The van der Waals surface area contributed by atoms with Crippen LogP contribution in [0, 0.1) is 17.2 Å². The maximum atomic E-state index is 8.63. The zero-order chi connectivity index (χ0) is 12.0. The third kappa shape index (κ3) is 4.08. The van der Waals surface area contributed by atoms with Crippen molar-refractivity contribution < 1.29 is 0 Å². The van der Waals surface area contributed by atoms with Crippen molar-refractivity contribution in [3.05, 3.63) is 23.4 Å². The molecule has 1 heterocycles. The molecule has 0 saturated heterocycles. The zero-order valence-electron chi connectivity index (χ0n) is 9.65. The van der Waals surface area contributed by atoms with Crippen molar-refractivity contribution in [3.8, 4) is 6.07 Å². The molecule has 4 heteroatoms. The smallest absolute Gasteiger partial charge is 0.131 e. The lowest BCUT2D eigenvalue weighted by Gasteiger charge is -2.24. The predicted octanol–water partition coefficient (Wildman–Crippen LogP) is 3.11. The molecule has 1 aromatic heterocycles. The highest BCUT2D eigenvalue weighted by Gasteiger charge is 2.09. The number of aromatic nitrogens is 1. The molecule has 0 radical (unpaired) electrons. The minimum atomic E-state index is 0.489. The number of nitriles is 1. The highest BCUT2D eigenvalue weighted by atomic mass is 35.5. The Bertz CT molecular complexity index is 371. The lowest BCUT2D eigenvalue weighted by molar-refractivity contribution is 0.608. The molecule has 1 rings (SSSR count). The molecule has 3 nitrogen and oxygen atoms in total. The van der Waals surface area contributed by atoms with Gasteiger partial charge >= 0.3 is 0 Å². The third-order valence-corrected chi connectivity index (χ3v) is 2.31. The number of anilines is 1. The van der Waals surface area contributed by atoms with Crippen LogP contribution in [0.5, 0.6) is 0 Å². The standard InChI is InChI=1S/C12H16ClN3/c1-10(2)9-16(8-4-7-14)12-6-3-5-11(13)15-12/h3,5-6,10H,4,8-9H2,1-2H3. The molecule has 1 aromatic rings. The van der Waals surface area contributed by atoms with E-state index in [1.165, 1.54) is 0 Å². The maximum Gasteiger partial charge on any atom is 0.131 e. The molecule has 0 fully saturated rings. The van der Waals surface area contributed by atoms with E-state index in [9.17, 15) is 0 Å². The van der Waals surface area contributed by atoms with Gasteiger partial charge in [0.25, 0.3) is 0 Å². The Balaban J connectivity index is 2.79. The van der Waals surface area contributed by atoms with Gasteiger partial charge < -0.3 is 4.90 Å². The first-order chi connectivity index (χ1) is 7.63. The lowest BCUT2D eigenvalue weighted by atomic mass is 10.2. The Morgan fingerprint density at radius 1 is 1.50 bits per heavy atom. The number of halogens is 1. The van der Waals surface area contributed by atoms with Gasteiger partial charge in [0.05, 0.1) is 12.5 Å². The van der Waals surface area contributed by atoms with Crippen LogP contribution in [0.2, 0.25) is 5.15 Å². The minimum absolute atomic E-state index is 0.489. The van der Waals surface area contributed by atoms with Crippen molar-refractivity contribution in [2.75, 3.05) is 18.0 Å². The molecular formula is C12H16ClN3. The largest absolute Gasteiger partial charge is 0.355 e. The normalized spacial score (nSPS) is 10.2. The summed E-state index contributed by atoms with van der Waals surface area (Å²) in [7, 11) is 0. The SMILES string of the molecule is CC(C)CN(CCC#N)c1cccc(Cl)n1. The van der Waals surface area contributed by atoms with Gasteiger partial charge in [-0.2, -0.15) is 5.26 Å². The maximum absolute atomic E-state index is 8.63. The quantitative estimate of drug-likeness (QED) is 0.739. The Morgan fingerprint density at radius 2 is 2.25 bits per heavy atom. The van der Waals surface area contributed by atoms with E-state index in [1.54, 1.807) is 6.07 Å². The van der Waals surface area contributed by atoms with Gasteiger partial charge in [-0.05, 0) is 18.1 Å². The summed E-state index contributed by atoms with van der Waals surface area (Å²) in [6, 6.07) is 7.71. The monoisotopic (exact) mass is 237 g/mol. The van der Waals surface area contributed by atoms with E-state index < -0.39 is 0 Å². The van der Waals surface area contributed by atoms with E-state index in [4.69, 9.17) is 16.9 Å². The summed E-state index contributed by atoms with van der Waals surface area (Å²) in [5, 5.41) is 9.12. The summed E-state index contributed by atoms with van der Waals surface area (Å²) in [6.45, 7) is 5.87. The summed E-state index contributed by atoms with van der Waals surface area (Å²) in [5.74, 6) is 1.37. The van der Waals surface area contributed by atoms with Crippen LogP contribution in [0.15, 0.2) is 18.2 Å². The van der Waals surface area contributed by atoms with Crippen LogP contribution in [0.1, 0.15) is 20.3 Å². The van der Waals surface area contributed by atoms with Gasteiger partial charge in [-0.1, -0.05) is 31.5 Å². The molecule has 0 aliphatic carbocycles. The van der Waals surface area contributed by atoms with Crippen LogP contribution < -0.4 is 4.90 Å². The summed E-state index contributed by atoms with van der Waals surface area (Å²) in [4.78, 5) is 6.36. The fraction of sp³-hybridized carbons (Fsp3) is 0.500. The highest BCUT2D eigenvalue weighted by molar-refractivity contribution is 6.29. The molecule has 0 amide bonds. The first-order valence-electron chi connectivity index (χ1n) is 5.38. The van der Waals surface area contributed by atoms with E-state index >= 15 is 0 Å². The summed E-state index contributed by atoms with van der Waals surface area (Å²) < 4.78 is 0. The predicted molar refractivity (Wildman–Crippen MR) is 66.5 cm³/mol. The van der Waals surface area contributed by atoms with E-state index in [-0.39, 0.29) is 0 Å². The fourth-order valence-corrected chi connectivity index (χ4v) is 1.66. The van der Waals surface area contributed by atoms with Gasteiger partial charge in [0.15, 0.2) is 0 Å². The van der Waals surface area contributed by atoms with Crippen molar-refractivity contribution in [1.29, 1.82) is 5.26 Å². The van der Waals surface area contributed by atoms with E-state index in [0.29, 0.717) is 24.0 Å². The number of hydrogen-bond acceptors (Lipinski definition) is 3. The number of rotatable bonds is 5. The van der Waals surface area contributed by atoms with Crippen molar-refractivity contribution in [3.63, 3.8) is 0 Å². The first kappa shape index (κ1) is 12.8. The Labute approximate surface area is 102 Å². The zero-order valence-corrected chi connectivity index (χ0v) is 10.4. The molecule has 0 N–H and O–H groups in total. The van der Waals surface area contributed by atoms with Crippen molar-refractivity contribution in [2.24, 2.45) is 5.92 Å². The number of hydrogen-bond donors (Lipinski definition) is 0. The number of nitrogens with zero attached hydrogens (tertiary/aromatic N) is 3. The van der Waals surface area contributed by atoms with Gasteiger partial charge in [-0.25, -0.2) is 4.98 Å². The first-order valence-corrected chi connectivity index (χ1v) is 5.75. The second kappa shape index (κ2) is 6.34.